The van der Waals surface area contributed by atoms with Gasteiger partial charge >= 0.3 is 0 Å². The number of fused-ring (bicyclic) bond motifs is 2. The lowest BCUT2D eigenvalue weighted by Gasteiger charge is -2.34. The summed E-state index contributed by atoms with van der Waals surface area (Å²) in [5.41, 5.74) is 3.04. The predicted octanol–water partition coefficient (Wildman–Crippen LogP) is 3.17. The zero-order chi connectivity index (χ0) is 21.9. The molecule has 3 aromatic rings. The number of hydrogen-bond acceptors (Lipinski definition) is 8. The summed E-state index contributed by atoms with van der Waals surface area (Å²) in [4.78, 5) is 14.7. The molecule has 2 aliphatic heterocycles. The van der Waals surface area contributed by atoms with Crippen molar-refractivity contribution in [1.29, 1.82) is 0 Å². The standard InChI is InChI=1S/C24H29N5O3/c1-17-4-3-5-19-23(17)26-22(15-29-10-8-28(9-11-29)12-13-30-2)27-24(19)25-18-6-7-20-21(14-18)32-16-31-20/h3-7,14H,8-13,15-16H2,1-2H3,(H,25,26,27). The van der Waals surface area contributed by atoms with Crippen molar-refractivity contribution in [3.63, 3.8) is 0 Å². The lowest BCUT2D eigenvalue weighted by atomic mass is 10.1. The van der Waals surface area contributed by atoms with Gasteiger partial charge in [0.05, 0.1) is 18.7 Å². The topological polar surface area (TPSA) is 72.0 Å². The lowest BCUT2D eigenvalue weighted by Crippen LogP contribution is -2.46. The summed E-state index contributed by atoms with van der Waals surface area (Å²) in [6.45, 7) is 8.94. The number of piperazine rings is 1. The van der Waals surface area contributed by atoms with Gasteiger partial charge in [0.25, 0.3) is 0 Å². The van der Waals surface area contributed by atoms with Crippen LogP contribution >= 0.6 is 0 Å². The van der Waals surface area contributed by atoms with Gasteiger partial charge in [-0.05, 0) is 30.7 Å². The van der Waals surface area contributed by atoms with Gasteiger partial charge in [0.1, 0.15) is 11.6 Å². The van der Waals surface area contributed by atoms with E-state index < -0.39 is 0 Å². The molecule has 0 radical (unpaired) electrons. The van der Waals surface area contributed by atoms with E-state index in [1.54, 1.807) is 7.11 Å². The number of para-hydroxylation sites is 1. The number of rotatable bonds is 7. The number of ether oxygens (including phenoxy) is 3. The fourth-order valence-corrected chi connectivity index (χ4v) is 4.21. The highest BCUT2D eigenvalue weighted by Crippen LogP contribution is 2.36. The molecular formula is C24H29N5O3. The third kappa shape index (κ3) is 4.48. The Morgan fingerprint density at radius 1 is 1.00 bits per heavy atom. The van der Waals surface area contributed by atoms with E-state index in [9.17, 15) is 0 Å². The van der Waals surface area contributed by atoms with Gasteiger partial charge in [-0.25, -0.2) is 9.97 Å². The summed E-state index contributed by atoms with van der Waals surface area (Å²) in [5.74, 6) is 3.16. The number of methoxy groups -OCH3 is 1. The molecule has 0 bridgehead atoms. The largest absolute Gasteiger partial charge is 0.454 e. The highest BCUT2D eigenvalue weighted by atomic mass is 16.7. The Kier molecular flexibility index (Phi) is 6.07. The van der Waals surface area contributed by atoms with Crippen LogP contribution in [0.1, 0.15) is 11.4 Å². The minimum absolute atomic E-state index is 0.261. The molecule has 1 fully saturated rings. The minimum Gasteiger partial charge on any atom is -0.454 e. The Hall–Kier alpha value is -2.94. The van der Waals surface area contributed by atoms with Crippen molar-refractivity contribution in [3.8, 4) is 11.5 Å². The van der Waals surface area contributed by atoms with Gasteiger partial charge in [0.15, 0.2) is 11.5 Å². The van der Waals surface area contributed by atoms with Gasteiger partial charge in [0, 0.05) is 57.0 Å². The summed E-state index contributed by atoms with van der Waals surface area (Å²) in [6.07, 6.45) is 0. The van der Waals surface area contributed by atoms with Crippen LogP contribution < -0.4 is 14.8 Å². The third-order valence-electron chi connectivity index (χ3n) is 6.05. The van der Waals surface area contributed by atoms with Crippen molar-refractivity contribution < 1.29 is 14.2 Å². The highest BCUT2D eigenvalue weighted by Gasteiger charge is 2.19. The third-order valence-corrected chi connectivity index (χ3v) is 6.05. The minimum atomic E-state index is 0.261. The lowest BCUT2D eigenvalue weighted by molar-refractivity contribution is 0.0927. The summed E-state index contributed by atoms with van der Waals surface area (Å²) < 4.78 is 16.2. The summed E-state index contributed by atoms with van der Waals surface area (Å²) in [5, 5.41) is 4.49. The SMILES string of the molecule is COCCN1CCN(Cc2nc(Nc3ccc4c(c3)OCO4)c3cccc(C)c3n2)CC1. The molecule has 0 aliphatic carbocycles. The van der Waals surface area contributed by atoms with E-state index in [0.717, 1.165) is 91.2 Å². The van der Waals surface area contributed by atoms with E-state index in [0.29, 0.717) is 0 Å². The van der Waals surface area contributed by atoms with Crippen LogP contribution in [-0.2, 0) is 11.3 Å². The average molecular weight is 436 g/mol. The molecule has 2 aliphatic rings. The van der Waals surface area contributed by atoms with Gasteiger partial charge in [-0.3, -0.25) is 9.80 Å². The molecule has 3 heterocycles. The first kappa shape index (κ1) is 20.9. The van der Waals surface area contributed by atoms with E-state index in [4.69, 9.17) is 24.2 Å². The molecule has 32 heavy (non-hydrogen) atoms. The molecule has 0 amide bonds. The maximum absolute atomic E-state index is 5.53. The first-order chi connectivity index (χ1) is 15.7. The van der Waals surface area contributed by atoms with E-state index in [2.05, 4.69) is 34.2 Å². The van der Waals surface area contributed by atoms with Crippen molar-refractivity contribution in [2.24, 2.45) is 0 Å². The number of hydrogen-bond donors (Lipinski definition) is 1. The molecule has 1 N–H and O–H groups in total. The zero-order valence-electron chi connectivity index (χ0n) is 18.6. The highest BCUT2D eigenvalue weighted by molar-refractivity contribution is 5.92. The normalized spacial score (nSPS) is 16.6. The fraction of sp³-hybridized carbons (Fsp3) is 0.417. The zero-order valence-corrected chi connectivity index (χ0v) is 18.6. The van der Waals surface area contributed by atoms with Crippen LogP contribution in [-0.4, -0.2) is 73.0 Å². The number of nitrogens with zero attached hydrogens (tertiary/aromatic N) is 4. The molecular weight excluding hydrogens is 406 g/mol. The number of benzene rings is 2. The van der Waals surface area contributed by atoms with Crippen LogP contribution in [0.4, 0.5) is 11.5 Å². The van der Waals surface area contributed by atoms with Gasteiger partial charge in [0.2, 0.25) is 6.79 Å². The number of aryl methyl sites for hydroxylation is 1. The second kappa shape index (κ2) is 9.28. The van der Waals surface area contributed by atoms with Gasteiger partial charge in [-0.2, -0.15) is 0 Å². The molecule has 0 saturated carbocycles. The van der Waals surface area contributed by atoms with E-state index in [-0.39, 0.29) is 6.79 Å². The molecule has 0 unspecified atom stereocenters. The van der Waals surface area contributed by atoms with Gasteiger partial charge < -0.3 is 19.5 Å². The van der Waals surface area contributed by atoms with E-state index in [1.165, 1.54) is 0 Å². The summed E-state index contributed by atoms with van der Waals surface area (Å²) >= 11 is 0. The number of aromatic nitrogens is 2. The first-order valence-electron chi connectivity index (χ1n) is 11.1. The van der Waals surface area contributed by atoms with Crippen molar-refractivity contribution in [3.05, 3.63) is 47.8 Å². The smallest absolute Gasteiger partial charge is 0.231 e. The molecule has 5 rings (SSSR count). The summed E-state index contributed by atoms with van der Waals surface area (Å²) in [7, 11) is 1.75. The molecule has 1 saturated heterocycles. The predicted molar refractivity (Wildman–Crippen MR) is 124 cm³/mol. The van der Waals surface area contributed by atoms with Crippen molar-refractivity contribution in [2.45, 2.75) is 13.5 Å². The average Bonchev–Trinajstić information content (AvgIpc) is 3.27. The van der Waals surface area contributed by atoms with Crippen molar-refractivity contribution in [2.75, 3.05) is 58.6 Å². The Morgan fingerprint density at radius 2 is 1.81 bits per heavy atom. The molecule has 0 atom stereocenters. The van der Waals surface area contributed by atoms with Crippen LogP contribution in [0.3, 0.4) is 0 Å². The first-order valence-corrected chi connectivity index (χ1v) is 11.1. The Morgan fingerprint density at radius 3 is 2.66 bits per heavy atom. The van der Waals surface area contributed by atoms with Gasteiger partial charge in [-0.1, -0.05) is 12.1 Å². The van der Waals surface area contributed by atoms with Crippen molar-refractivity contribution in [1.82, 2.24) is 19.8 Å². The molecule has 8 heteroatoms. The second-order valence-corrected chi connectivity index (χ2v) is 8.26. The van der Waals surface area contributed by atoms with Crippen LogP contribution in [0.15, 0.2) is 36.4 Å². The van der Waals surface area contributed by atoms with Gasteiger partial charge in [-0.15, -0.1) is 0 Å². The van der Waals surface area contributed by atoms with Crippen LogP contribution in [0.2, 0.25) is 0 Å². The quantitative estimate of drug-likeness (QED) is 0.607. The summed E-state index contributed by atoms with van der Waals surface area (Å²) in [6, 6.07) is 12.1. The van der Waals surface area contributed by atoms with E-state index in [1.807, 2.05) is 24.3 Å². The monoisotopic (exact) mass is 435 g/mol. The van der Waals surface area contributed by atoms with Crippen LogP contribution in [0, 0.1) is 6.92 Å². The molecule has 168 valence electrons. The molecule has 1 aromatic heterocycles. The Bertz CT molecular complexity index is 1100. The molecule has 0 spiro atoms. The molecule has 8 nitrogen and oxygen atoms in total. The number of nitrogens with one attached hydrogen (secondary N) is 1. The van der Waals surface area contributed by atoms with E-state index >= 15 is 0 Å². The molecule has 2 aromatic carbocycles. The second-order valence-electron chi connectivity index (χ2n) is 8.26. The maximum Gasteiger partial charge on any atom is 0.231 e. The van der Waals surface area contributed by atoms with Crippen molar-refractivity contribution >= 4 is 22.4 Å². The number of anilines is 2. The van der Waals surface area contributed by atoms with Crippen LogP contribution in [0.5, 0.6) is 11.5 Å². The Labute approximate surface area is 188 Å². The Balaban J connectivity index is 1.38. The fourth-order valence-electron chi connectivity index (χ4n) is 4.21. The van der Waals surface area contributed by atoms with Crippen LogP contribution in [0.25, 0.3) is 10.9 Å². The maximum atomic E-state index is 5.53.